The number of piperidine rings is 1. The molecule has 3 atom stereocenters. The van der Waals surface area contributed by atoms with Gasteiger partial charge in [0.05, 0.1) is 17.9 Å². The van der Waals surface area contributed by atoms with Crippen LogP contribution in [0.4, 0.5) is 0 Å². The van der Waals surface area contributed by atoms with Crippen LogP contribution in [0.5, 0.6) is 0 Å². The zero-order valence-electron chi connectivity index (χ0n) is 13.7. The Balaban J connectivity index is 1.42. The smallest absolute Gasteiger partial charge is 0.0768 e. The molecular formula is C16H28N6. The Morgan fingerprint density at radius 2 is 2.23 bits per heavy atom. The van der Waals surface area contributed by atoms with E-state index in [0.29, 0.717) is 23.9 Å². The Hall–Kier alpha value is -0.950. The molecule has 6 nitrogen and oxygen atoms in total. The molecule has 0 spiro atoms. The van der Waals surface area contributed by atoms with E-state index < -0.39 is 0 Å². The predicted molar refractivity (Wildman–Crippen MR) is 86.0 cm³/mol. The number of hydrazine groups is 1. The van der Waals surface area contributed by atoms with Crippen LogP contribution in [-0.2, 0) is 19.6 Å². The first kappa shape index (κ1) is 14.6. The lowest BCUT2D eigenvalue weighted by atomic mass is 9.83. The summed E-state index contributed by atoms with van der Waals surface area (Å²) in [5.41, 5.74) is 9.59. The van der Waals surface area contributed by atoms with E-state index in [4.69, 9.17) is 5.10 Å². The summed E-state index contributed by atoms with van der Waals surface area (Å²) in [4.78, 5) is 2.59. The molecule has 0 aromatic carbocycles. The number of hydrogen-bond acceptors (Lipinski definition) is 5. The molecule has 3 unspecified atom stereocenters. The summed E-state index contributed by atoms with van der Waals surface area (Å²) in [6.07, 6.45) is 1.23. The molecule has 122 valence electrons. The maximum absolute atomic E-state index is 4.79. The second kappa shape index (κ2) is 5.92. The van der Waals surface area contributed by atoms with Crippen LogP contribution in [0.1, 0.15) is 31.7 Å². The number of hydrogen-bond donors (Lipinski definition) is 3. The van der Waals surface area contributed by atoms with Gasteiger partial charge in [0.15, 0.2) is 0 Å². The van der Waals surface area contributed by atoms with Crippen LogP contribution in [-0.4, -0.2) is 46.4 Å². The van der Waals surface area contributed by atoms with Crippen molar-refractivity contribution < 1.29 is 0 Å². The summed E-state index contributed by atoms with van der Waals surface area (Å²) in [7, 11) is 0. The van der Waals surface area contributed by atoms with Crippen molar-refractivity contribution in [2.45, 2.75) is 52.0 Å². The number of nitrogens with one attached hydrogen (secondary N) is 3. The fourth-order valence-corrected chi connectivity index (χ4v) is 4.27. The first-order chi connectivity index (χ1) is 10.7. The van der Waals surface area contributed by atoms with Crippen molar-refractivity contribution in [1.82, 2.24) is 30.8 Å². The standard InChI is InChI=1S/C16H28N6/c1-11(2)16-14-10-21(5-3-15(14)18-19-16)9-12-7-13-8-17-4-6-22(13)20-12/h7,11,14-19H,3-6,8-10H2,1-2H3. The fraction of sp³-hybridized carbons (Fsp3) is 0.812. The predicted octanol–water partition coefficient (Wildman–Crippen LogP) is 0.309. The van der Waals surface area contributed by atoms with Crippen LogP contribution in [0.15, 0.2) is 6.07 Å². The van der Waals surface area contributed by atoms with Crippen LogP contribution in [0.25, 0.3) is 0 Å². The number of likely N-dealkylation sites (tertiary alicyclic amines) is 1. The van der Waals surface area contributed by atoms with Gasteiger partial charge in [0.2, 0.25) is 0 Å². The first-order valence-corrected chi connectivity index (χ1v) is 8.70. The highest BCUT2D eigenvalue weighted by molar-refractivity contribution is 5.12. The van der Waals surface area contributed by atoms with Gasteiger partial charge >= 0.3 is 0 Å². The average Bonchev–Trinajstić information content (AvgIpc) is 3.09. The minimum absolute atomic E-state index is 0.590. The average molecular weight is 304 g/mol. The maximum atomic E-state index is 4.79. The van der Waals surface area contributed by atoms with Crippen LogP contribution in [0.2, 0.25) is 0 Å². The lowest BCUT2D eigenvalue weighted by Gasteiger charge is -2.36. The number of nitrogens with zero attached hydrogens (tertiary/aromatic N) is 3. The highest BCUT2D eigenvalue weighted by Gasteiger charge is 2.40. The molecule has 2 fully saturated rings. The monoisotopic (exact) mass is 304 g/mol. The molecule has 0 aliphatic carbocycles. The number of fused-ring (bicyclic) bond motifs is 2. The van der Waals surface area contributed by atoms with Gasteiger partial charge in [0.25, 0.3) is 0 Å². The summed E-state index contributed by atoms with van der Waals surface area (Å²) in [5.74, 6) is 1.39. The van der Waals surface area contributed by atoms with E-state index >= 15 is 0 Å². The Morgan fingerprint density at radius 1 is 1.32 bits per heavy atom. The van der Waals surface area contributed by atoms with Gasteiger partial charge in [-0.05, 0) is 18.4 Å². The van der Waals surface area contributed by atoms with Gasteiger partial charge in [0, 0.05) is 50.7 Å². The lowest BCUT2D eigenvalue weighted by Crippen LogP contribution is -2.46. The van der Waals surface area contributed by atoms with Crippen LogP contribution in [0.3, 0.4) is 0 Å². The molecule has 0 radical (unpaired) electrons. The van der Waals surface area contributed by atoms with Gasteiger partial charge in [-0.1, -0.05) is 13.8 Å². The SMILES string of the molecule is CC(C)C1NNC2CCN(Cc3cc4n(n3)CCNC4)CC21. The van der Waals surface area contributed by atoms with Crippen LogP contribution < -0.4 is 16.2 Å². The van der Waals surface area contributed by atoms with Gasteiger partial charge in [-0.25, -0.2) is 0 Å². The minimum atomic E-state index is 0.590. The normalized spacial score (nSPS) is 32.2. The second-order valence-electron chi connectivity index (χ2n) is 7.38. The molecule has 1 aromatic heterocycles. The molecule has 3 N–H and O–H groups in total. The summed E-state index contributed by atoms with van der Waals surface area (Å²) in [5, 5.41) is 8.20. The maximum Gasteiger partial charge on any atom is 0.0768 e. The molecule has 0 saturated carbocycles. The van der Waals surface area contributed by atoms with Crippen LogP contribution in [0, 0.1) is 11.8 Å². The van der Waals surface area contributed by atoms with E-state index in [1.807, 2.05) is 0 Å². The van der Waals surface area contributed by atoms with Crippen molar-refractivity contribution in [3.8, 4) is 0 Å². The molecule has 22 heavy (non-hydrogen) atoms. The summed E-state index contributed by atoms with van der Waals surface area (Å²) >= 11 is 0. The van der Waals surface area contributed by atoms with Crippen molar-refractivity contribution >= 4 is 0 Å². The Kier molecular flexibility index (Phi) is 3.94. The van der Waals surface area contributed by atoms with Crippen molar-refractivity contribution in [3.63, 3.8) is 0 Å². The van der Waals surface area contributed by atoms with Crippen molar-refractivity contribution in [2.75, 3.05) is 19.6 Å². The Labute approximate surface area is 132 Å². The summed E-state index contributed by atoms with van der Waals surface area (Å²) in [6.45, 7) is 11.0. The van der Waals surface area contributed by atoms with E-state index in [-0.39, 0.29) is 0 Å². The van der Waals surface area contributed by atoms with Gasteiger partial charge in [-0.2, -0.15) is 5.10 Å². The molecule has 3 aliphatic heterocycles. The first-order valence-electron chi connectivity index (χ1n) is 8.70. The lowest BCUT2D eigenvalue weighted by molar-refractivity contribution is 0.137. The largest absolute Gasteiger partial charge is 0.309 e. The van der Waals surface area contributed by atoms with Gasteiger partial charge < -0.3 is 5.32 Å². The molecule has 3 aliphatic rings. The Bertz CT molecular complexity index is 501. The Morgan fingerprint density at radius 3 is 3.05 bits per heavy atom. The second-order valence-corrected chi connectivity index (χ2v) is 7.38. The fourth-order valence-electron chi connectivity index (χ4n) is 4.27. The van der Waals surface area contributed by atoms with Crippen molar-refractivity contribution in [3.05, 3.63) is 17.5 Å². The third-order valence-corrected chi connectivity index (χ3v) is 5.46. The molecule has 2 saturated heterocycles. The zero-order valence-corrected chi connectivity index (χ0v) is 13.7. The highest BCUT2D eigenvalue weighted by atomic mass is 15.4. The van der Waals surface area contributed by atoms with E-state index in [1.165, 1.54) is 30.9 Å². The highest BCUT2D eigenvalue weighted by Crippen LogP contribution is 2.28. The summed E-state index contributed by atoms with van der Waals surface area (Å²) in [6, 6.07) is 3.51. The zero-order chi connectivity index (χ0) is 15.1. The van der Waals surface area contributed by atoms with E-state index in [2.05, 4.69) is 45.7 Å². The third kappa shape index (κ3) is 2.69. The van der Waals surface area contributed by atoms with Gasteiger partial charge in [0.1, 0.15) is 0 Å². The van der Waals surface area contributed by atoms with E-state index in [1.54, 1.807) is 0 Å². The molecule has 4 rings (SSSR count). The van der Waals surface area contributed by atoms with E-state index in [9.17, 15) is 0 Å². The summed E-state index contributed by atoms with van der Waals surface area (Å²) < 4.78 is 2.17. The topological polar surface area (TPSA) is 57.1 Å². The molecule has 4 heterocycles. The molecular weight excluding hydrogens is 276 g/mol. The minimum Gasteiger partial charge on any atom is -0.309 e. The van der Waals surface area contributed by atoms with E-state index in [0.717, 1.165) is 26.2 Å². The van der Waals surface area contributed by atoms with Gasteiger partial charge in [-0.15, -0.1) is 0 Å². The van der Waals surface area contributed by atoms with Crippen molar-refractivity contribution in [2.24, 2.45) is 11.8 Å². The third-order valence-electron chi connectivity index (χ3n) is 5.46. The molecule has 6 heteroatoms. The number of aromatic nitrogens is 2. The molecule has 0 bridgehead atoms. The number of rotatable bonds is 3. The quantitative estimate of drug-likeness (QED) is 0.750. The van der Waals surface area contributed by atoms with Crippen LogP contribution >= 0.6 is 0 Å². The van der Waals surface area contributed by atoms with Crippen molar-refractivity contribution in [1.29, 1.82) is 0 Å². The molecule has 0 amide bonds. The van der Waals surface area contributed by atoms with Gasteiger partial charge in [-0.3, -0.25) is 20.4 Å². The molecule has 1 aromatic rings.